The fourth-order valence-electron chi connectivity index (χ4n) is 3.74. The molecule has 1 N–H and O–H groups in total. The van der Waals surface area contributed by atoms with Crippen LogP contribution in [0.5, 0.6) is 0 Å². The highest BCUT2D eigenvalue weighted by molar-refractivity contribution is 5.66. The molecule has 2 saturated heterocycles. The second-order valence-electron chi connectivity index (χ2n) is 6.80. The summed E-state index contributed by atoms with van der Waals surface area (Å²) < 4.78 is 0. The number of carboxylic acid groups (broad SMARTS) is 1. The van der Waals surface area contributed by atoms with Crippen LogP contribution in [0.2, 0.25) is 0 Å². The summed E-state index contributed by atoms with van der Waals surface area (Å²) >= 11 is 0. The normalized spacial score (nSPS) is 29.8. The van der Waals surface area contributed by atoms with Gasteiger partial charge in [0.1, 0.15) is 0 Å². The van der Waals surface area contributed by atoms with Crippen LogP contribution in [0.4, 0.5) is 0 Å². The van der Waals surface area contributed by atoms with Crippen molar-refractivity contribution >= 4 is 5.97 Å². The minimum absolute atomic E-state index is 0.338. The molecule has 4 heteroatoms. The zero-order chi connectivity index (χ0) is 14.5. The van der Waals surface area contributed by atoms with E-state index in [0.29, 0.717) is 18.4 Å². The van der Waals surface area contributed by atoms with Crippen LogP contribution in [0.3, 0.4) is 0 Å². The SMILES string of the molecule is CC(C)N1CCCC(N2CCC(CCC(=O)O)C2)CC1. The van der Waals surface area contributed by atoms with E-state index < -0.39 is 5.97 Å². The van der Waals surface area contributed by atoms with Gasteiger partial charge in [0.15, 0.2) is 0 Å². The van der Waals surface area contributed by atoms with Crippen LogP contribution in [0.1, 0.15) is 52.4 Å². The molecular weight excluding hydrogens is 252 g/mol. The Labute approximate surface area is 123 Å². The van der Waals surface area contributed by atoms with Crippen LogP contribution < -0.4 is 0 Å². The van der Waals surface area contributed by atoms with Gasteiger partial charge in [-0.3, -0.25) is 4.79 Å². The zero-order valence-electron chi connectivity index (χ0n) is 13.1. The summed E-state index contributed by atoms with van der Waals surface area (Å²) in [5.74, 6) is -0.0407. The van der Waals surface area contributed by atoms with Gasteiger partial charge in [0.2, 0.25) is 0 Å². The topological polar surface area (TPSA) is 43.8 Å². The fraction of sp³-hybridized carbons (Fsp3) is 0.938. The molecule has 0 aromatic carbocycles. The number of carbonyl (C=O) groups is 1. The van der Waals surface area contributed by atoms with Crippen molar-refractivity contribution in [3.05, 3.63) is 0 Å². The van der Waals surface area contributed by atoms with Crippen molar-refractivity contribution in [1.82, 2.24) is 9.80 Å². The highest BCUT2D eigenvalue weighted by atomic mass is 16.4. The van der Waals surface area contributed by atoms with Crippen molar-refractivity contribution in [3.63, 3.8) is 0 Å². The summed E-state index contributed by atoms with van der Waals surface area (Å²) in [7, 11) is 0. The first-order valence-electron chi connectivity index (χ1n) is 8.26. The summed E-state index contributed by atoms with van der Waals surface area (Å²) in [5.41, 5.74) is 0. The average molecular weight is 282 g/mol. The first kappa shape index (κ1) is 15.8. The van der Waals surface area contributed by atoms with Gasteiger partial charge in [-0.2, -0.15) is 0 Å². The zero-order valence-corrected chi connectivity index (χ0v) is 13.1. The third-order valence-corrected chi connectivity index (χ3v) is 5.06. The number of hydrogen-bond acceptors (Lipinski definition) is 3. The third-order valence-electron chi connectivity index (χ3n) is 5.06. The predicted octanol–water partition coefficient (Wildman–Crippen LogP) is 2.44. The number of hydrogen-bond donors (Lipinski definition) is 1. The Morgan fingerprint density at radius 2 is 2.00 bits per heavy atom. The minimum atomic E-state index is -0.648. The van der Waals surface area contributed by atoms with Crippen molar-refractivity contribution in [2.75, 3.05) is 26.2 Å². The molecule has 0 radical (unpaired) electrons. The number of likely N-dealkylation sites (tertiary alicyclic amines) is 2. The first-order valence-corrected chi connectivity index (χ1v) is 8.26. The molecule has 0 aromatic rings. The monoisotopic (exact) mass is 282 g/mol. The third kappa shape index (κ3) is 4.45. The van der Waals surface area contributed by atoms with Gasteiger partial charge in [-0.15, -0.1) is 0 Å². The molecule has 4 nitrogen and oxygen atoms in total. The van der Waals surface area contributed by atoms with E-state index in [2.05, 4.69) is 23.6 Å². The van der Waals surface area contributed by atoms with Crippen LogP contribution in [-0.2, 0) is 4.79 Å². The van der Waals surface area contributed by atoms with Gasteiger partial charge >= 0.3 is 5.97 Å². The summed E-state index contributed by atoms with van der Waals surface area (Å²) in [6.45, 7) is 9.34. The Morgan fingerprint density at radius 1 is 1.20 bits per heavy atom. The van der Waals surface area contributed by atoms with E-state index in [9.17, 15) is 4.79 Å². The molecule has 0 aliphatic carbocycles. The van der Waals surface area contributed by atoms with Crippen LogP contribution in [-0.4, -0.2) is 59.1 Å². The Hall–Kier alpha value is -0.610. The molecule has 2 heterocycles. The maximum atomic E-state index is 10.7. The molecule has 2 rings (SSSR count). The molecule has 20 heavy (non-hydrogen) atoms. The lowest BCUT2D eigenvalue weighted by Crippen LogP contribution is -2.36. The molecular formula is C16H30N2O2. The van der Waals surface area contributed by atoms with Crippen LogP contribution in [0.25, 0.3) is 0 Å². The Morgan fingerprint density at radius 3 is 2.70 bits per heavy atom. The maximum absolute atomic E-state index is 10.7. The van der Waals surface area contributed by atoms with Gasteiger partial charge in [-0.1, -0.05) is 0 Å². The van der Waals surface area contributed by atoms with E-state index in [1.807, 2.05) is 0 Å². The van der Waals surface area contributed by atoms with Crippen molar-refractivity contribution in [2.45, 2.75) is 64.5 Å². The van der Waals surface area contributed by atoms with Gasteiger partial charge < -0.3 is 14.9 Å². The largest absolute Gasteiger partial charge is 0.481 e. The lowest BCUT2D eigenvalue weighted by Gasteiger charge is -2.28. The van der Waals surface area contributed by atoms with Crippen molar-refractivity contribution in [1.29, 1.82) is 0 Å². The quantitative estimate of drug-likeness (QED) is 0.841. The van der Waals surface area contributed by atoms with Crippen molar-refractivity contribution in [3.8, 4) is 0 Å². The standard InChI is InChI=1S/C16H30N2O2/c1-13(2)17-9-3-4-15(8-11-17)18-10-7-14(12-18)5-6-16(19)20/h13-15H,3-12H2,1-2H3,(H,19,20). The molecule has 0 spiro atoms. The van der Waals surface area contributed by atoms with Crippen LogP contribution >= 0.6 is 0 Å². The number of nitrogens with zero attached hydrogens (tertiary/aromatic N) is 2. The van der Waals surface area contributed by atoms with Gasteiger partial charge in [-0.05, 0) is 71.5 Å². The van der Waals surface area contributed by atoms with E-state index in [0.717, 1.165) is 19.0 Å². The molecule has 2 unspecified atom stereocenters. The smallest absolute Gasteiger partial charge is 0.303 e. The van der Waals surface area contributed by atoms with Gasteiger partial charge in [0.25, 0.3) is 0 Å². The summed E-state index contributed by atoms with van der Waals surface area (Å²) in [5, 5.41) is 8.79. The Bertz CT molecular complexity index is 320. The van der Waals surface area contributed by atoms with Crippen molar-refractivity contribution < 1.29 is 9.90 Å². The average Bonchev–Trinajstić information content (AvgIpc) is 2.72. The molecule has 2 aliphatic heterocycles. The van der Waals surface area contributed by atoms with E-state index in [1.54, 1.807) is 0 Å². The first-order chi connectivity index (χ1) is 9.56. The maximum Gasteiger partial charge on any atom is 0.303 e. The lowest BCUT2D eigenvalue weighted by atomic mass is 10.0. The molecule has 0 saturated carbocycles. The number of aliphatic carboxylic acids is 1. The van der Waals surface area contributed by atoms with E-state index in [1.165, 1.54) is 45.3 Å². The fourth-order valence-corrected chi connectivity index (χ4v) is 3.74. The van der Waals surface area contributed by atoms with Gasteiger partial charge in [0.05, 0.1) is 0 Å². The van der Waals surface area contributed by atoms with E-state index in [-0.39, 0.29) is 0 Å². The van der Waals surface area contributed by atoms with Gasteiger partial charge in [-0.25, -0.2) is 0 Å². The Kier molecular flexibility index (Phi) is 5.85. The molecule has 0 amide bonds. The summed E-state index contributed by atoms with van der Waals surface area (Å²) in [6.07, 6.45) is 6.29. The van der Waals surface area contributed by atoms with E-state index >= 15 is 0 Å². The highest BCUT2D eigenvalue weighted by Crippen LogP contribution is 2.27. The molecule has 2 fully saturated rings. The van der Waals surface area contributed by atoms with E-state index in [4.69, 9.17) is 5.11 Å². The number of carboxylic acids is 1. The second kappa shape index (κ2) is 7.41. The predicted molar refractivity (Wildman–Crippen MR) is 80.9 cm³/mol. The minimum Gasteiger partial charge on any atom is -0.481 e. The second-order valence-corrected chi connectivity index (χ2v) is 6.80. The molecule has 2 aliphatic rings. The Balaban J connectivity index is 1.77. The lowest BCUT2D eigenvalue weighted by molar-refractivity contribution is -0.137. The van der Waals surface area contributed by atoms with Crippen LogP contribution in [0.15, 0.2) is 0 Å². The summed E-state index contributed by atoms with van der Waals surface area (Å²) in [4.78, 5) is 15.9. The molecule has 0 aromatic heterocycles. The molecule has 116 valence electrons. The molecule has 0 bridgehead atoms. The van der Waals surface area contributed by atoms with Crippen molar-refractivity contribution in [2.24, 2.45) is 5.92 Å². The highest BCUT2D eigenvalue weighted by Gasteiger charge is 2.29. The molecule has 2 atom stereocenters. The number of rotatable bonds is 5. The van der Waals surface area contributed by atoms with Crippen LogP contribution in [0, 0.1) is 5.92 Å². The summed E-state index contributed by atoms with van der Waals surface area (Å²) in [6, 6.07) is 1.39. The van der Waals surface area contributed by atoms with Gasteiger partial charge in [0, 0.05) is 25.0 Å².